The molecule has 7 nitrogen and oxygen atoms in total. The van der Waals surface area contributed by atoms with E-state index in [-0.39, 0.29) is 22.6 Å². The van der Waals surface area contributed by atoms with Crippen LogP contribution in [-0.4, -0.2) is 50.7 Å². The van der Waals surface area contributed by atoms with E-state index < -0.39 is 10.0 Å². The van der Waals surface area contributed by atoms with Gasteiger partial charge in [0.2, 0.25) is 21.8 Å². The minimum Gasteiger partial charge on any atom is -0.356 e. The quantitative estimate of drug-likeness (QED) is 0.705. The van der Waals surface area contributed by atoms with Gasteiger partial charge in [-0.1, -0.05) is 30.3 Å². The molecule has 2 amide bonds. The lowest BCUT2D eigenvalue weighted by Gasteiger charge is -2.32. The fourth-order valence-corrected chi connectivity index (χ4v) is 6.21. The molecule has 2 aromatic rings. The van der Waals surface area contributed by atoms with Crippen molar-refractivity contribution < 1.29 is 18.0 Å². The van der Waals surface area contributed by atoms with Crippen molar-refractivity contribution >= 4 is 27.5 Å². The van der Waals surface area contributed by atoms with E-state index in [2.05, 4.69) is 5.32 Å². The highest BCUT2D eigenvalue weighted by Crippen LogP contribution is 2.31. The average Bonchev–Trinajstić information content (AvgIpc) is 2.84. The molecule has 0 saturated carbocycles. The van der Waals surface area contributed by atoms with Crippen molar-refractivity contribution in [3.8, 4) is 0 Å². The first-order valence-corrected chi connectivity index (χ1v) is 13.0. The maximum atomic E-state index is 13.2. The minimum absolute atomic E-state index is 0.00100. The van der Waals surface area contributed by atoms with Crippen molar-refractivity contribution in [2.45, 2.75) is 43.9 Å². The first-order valence-electron chi connectivity index (χ1n) is 11.6. The van der Waals surface area contributed by atoms with Crippen LogP contribution in [0, 0.1) is 5.92 Å². The van der Waals surface area contributed by atoms with Crippen LogP contribution in [0.25, 0.3) is 0 Å². The fourth-order valence-electron chi connectivity index (χ4n) is 4.69. The third kappa shape index (κ3) is 5.28. The Labute approximate surface area is 195 Å². The number of nitrogens with zero attached hydrogens (tertiary/aromatic N) is 2. The van der Waals surface area contributed by atoms with Crippen molar-refractivity contribution in [3.63, 3.8) is 0 Å². The molecule has 2 aliphatic rings. The number of hydrogen-bond donors (Lipinski definition) is 1. The van der Waals surface area contributed by atoms with Crippen molar-refractivity contribution in [2.24, 2.45) is 5.92 Å². The van der Waals surface area contributed by atoms with Gasteiger partial charge in [-0.2, -0.15) is 4.31 Å². The molecule has 0 unspecified atom stereocenters. The molecule has 2 heterocycles. The van der Waals surface area contributed by atoms with Crippen LogP contribution < -0.4 is 10.2 Å². The topological polar surface area (TPSA) is 86.8 Å². The maximum Gasteiger partial charge on any atom is 0.243 e. The number of carbonyl (C=O) groups is 2. The molecule has 8 heteroatoms. The molecule has 0 atom stereocenters. The molecule has 33 heavy (non-hydrogen) atoms. The highest BCUT2D eigenvalue weighted by molar-refractivity contribution is 7.89. The van der Waals surface area contributed by atoms with E-state index in [1.54, 1.807) is 23.1 Å². The number of amides is 2. The lowest BCUT2D eigenvalue weighted by Crippen LogP contribution is -2.43. The van der Waals surface area contributed by atoms with Gasteiger partial charge in [0.05, 0.1) is 4.90 Å². The SMILES string of the molecule is CC(=O)N1CCCc2cc(S(=O)(=O)N3CCC(C(=O)NCCc4ccccc4)CC3)ccc21. The molecule has 2 aliphatic heterocycles. The monoisotopic (exact) mass is 469 g/mol. The highest BCUT2D eigenvalue weighted by Gasteiger charge is 2.33. The molecular weight excluding hydrogens is 438 g/mol. The summed E-state index contributed by atoms with van der Waals surface area (Å²) in [5.74, 6) is -0.198. The van der Waals surface area contributed by atoms with Gasteiger partial charge in [-0.15, -0.1) is 0 Å². The number of fused-ring (bicyclic) bond motifs is 1. The van der Waals surface area contributed by atoms with Crippen molar-refractivity contribution in [2.75, 3.05) is 31.1 Å². The molecule has 0 aromatic heterocycles. The largest absolute Gasteiger partial charge is 0.356 e. The Bertz CT molecular complexity index is 1110. The summed E-state index contributed by atoms with van der Waals surface area (Å²) >= 11 is 0. The molecule has 176 valence electrons. The van der Waals surface area contributed by atoms with Gasteiger partial charge >= 0.3 is 0 Å². The van der Waals surface area contributed by atoms with Gasteiger partial charge < -0.3 is 10.2 Å². The van der Waals surface area contributed by atoms with Crippen LogP contribution in [0.1, 0.15) is 37.3 Å². The number of carbonyl (C=O) groups excluding carboxylic acids is 2. The van der Waals surface area contributed by atoms with Crippen LogP contribution >= 0.6 is 0 Å². The van der Waals surface area contributed by atoms with E-state index >= 15 is 0 Å². The maximum absolute atomic E-state index is 13.2. The van der Waals surface area contributed by atoms with Gasteiger partial charge in [0.25, 0.3) is 0 Å². The Hall–Kier alpha value is -2.71. The van der Waals surface area contributed by atoms with Crippen molar-refractivity contribution in [3.05, 3.63) is 59.7 Å². The average molecular weight is 470 g/mol. The van der Waals surface area contributed by atoms with Crippen LogP contribution in [-0.2, 0) is 32.5 Å². The zero-order valence-electron chi connectivity index (χ0n) is 19.0. The summed E-state index contributed by atoms with van der Waals surface area (Å²) in [4.78, 5) is 26.4. The van der Waals surface area contributed by atoms with Crippen molar-refractivity contribution in [1.29, 1.82) is 0 Å². The number of sulfonamides is 1. The Morgan fingerprint density at radius 2 is 1.76 bits per heavy atom. The summed E-state index contributed by atoms with van der Waals surface area (Å²) in [6.07, 6.45) is 3.38. The summed E-state index contributed by atoms with van der Waals surface area (Å²) < 4.78 is 28.0. The molecule has 2 aromatic carbocycles. The standard InChI is InChI=1S/C25H31N3O4S/c1-19(29)28-15-5-8-22-18-23(9-10-24(22)28)33(31,32)27-16-12-21(13-17-27)25(30)26-14-11-20-6-3-2-4-7-20/h2-4,6-7,9-10,18,21H,5,8,11-17H2,1H3,(H,26,30). The van der Waals surface area contributed by atoms with Gasteiger partial charge in [0.1, 0.15) is 0 Å². The number of hydrogen-bond acceptors (Lipinski definition) is 4. The number of rotatable bonds is 6. The van der Waals surface area contributed by atoms with E-state index in [0.29, 0.717) is 39.0 Å². The van der Waals surface area contributed by atoms with Crippen LogP contribution in [0.4, 0.5) is 5.69 Å². The molecule has 4 rings (SSSR count). The first kappa shape index (κ1) is 23.4. The lowest BCUT2D eigenvalue weighted by atomic mass is 9.97. The molecule has 1 N–H and O–H groups in total. The molecule has 0 aliphatic carbocycles. The van der Waals surface area contributed by atoms with E-state index in [1.165, 1.54) is 16.8 Å². The Kier molecular flexibility index (Phi) is 7.14. The van der Waals surface area contributed by atoms with Gasteiger partial charge in [-0.05, 0) is 61.4 Å². The number of aryl methyl sites for hydroxylation is 1. The summed E-state index contributed by atoms with van der Waals surface area (Å²) in [7, 11) is -3.64. The summed E-state index contributed by atoms with van der Waals surface area (Å²) in [5, 5.41) is 2.99. The van der Waals surface area contributed by atoms with E-state index in [1.807, 2.05) is 30.3 Å². The first-order chi connectivity index (χ1) is 15.9. The van der Waals surface area contributed by atoms with E-state index in [0.717, 1.165) is 30.5 Å². The highest BCUT2D eigenvalue weighted by atomic mass is 32.2. The van der Waals surface area contributed by atoms with Crippen molar-refractivity contribution in [1.82, 2.24) is 9.62 Å². The molecule has 0 radical (unpaired) electrons. The molecular formula is C25H31N3O4S. The molecule has 0 spiro atoms. The molecule has 1 saturated heterocycles. The van der Waals surface area contributed by atoms with Crippen LogP contribution in [0.15, 0.2) is 53.4 Å². The third-order valence-corrected chi connectivity index (χ3v) is 8.46. The van der Waals surface area contributed by atoms with Gasteiger partial charge in [0.15, 0.2) is 0 Å². The van der Waals surface area contributed by atoms with E-state index in [9.17, 15) is 18.0 Å². The van der Waals surface area contributed by atoms with Gasteiger partial charge in [-0.25, -0.2) is 8.42 Å². The molecule has 1 fully saturated rings. The van der Waals surface area contributed by atoms with Gasteiger partial charge in [0, 0.05) is 44.7 Å². The summed E-state index contributed by atoms with van der Waals surface area (Å²) in [6, 6.07) is 15.1. The smallest absolute Gasteiger partial charge is 0.243 e. The Balaban J connectivity index is 1.34. The summed E-state index contributed by atoms with van der Waals surface area (Å²) in [6.45, 7) is 3.43. The Morgan fingerprint density at radius 1 is 1.03 bits per heavy atom. The van der Waals surface area contributed by atoms with Crippen LogP contribution in [0.2, 0.25) is 0 Å². The van der Waals surface area contributed by atoms with Gasteiger partial charge in [-0.3, -0.25) is 9.59 Å². The summed E-state index contributed by atoms with van der Waals surface area (Å²) in [5.41, 5.74) is 2.87. The zero-order valence-corrected chi connectivity index (χ0v) is 19.8. The zero-order chi connectivity index (χ0) is 23.4. The van der Waals surface area contributed by atoms with E-state index in [4.69, 9.17) is 0 Å². The second-order valence-electron chi connectivity index (χ2n) is 8.77. The number of nitrogens with one attached hydrogen (secondary N) is 1. The number of piperidine rings is 1. The number of benzene rings is 2. The second-order valence-corrected chi connectivity index (χ2v) is 10.7. The predicted molar refractivity (Wildman–Crippen MR) is 127 cm³/mol. The Morgan fingerprint density at radius 3 is 2.45 bits per heavy atom. The normalized spacial score (nSPS) is 17.4. The van der Waals surface area contributed by atoms with Crippen LogP contribution in [0.3, 0.4) is 0 Å². The lowest BCUT2D eigenvalue weighted by molar-refractivity contribution is -0.126. The number of anilines is 1. The molecule has 0 bridgehead atoms. The third-order valence-electron chi connectivity index (χ3n) is 6.57. The van der Waals surface area contributed by atoms with Crippen LogP contribution in [0.5, 0.6) is 0 Å². The predicted octanol–water partition coefficient (Wildman–Crippen LogP) is 2.75. The fraction of sp³-hybridized carbons (Fsp3) is 0.440. The minimum atomic E-state index is -3.64. The second kappa shape index (κ2) is 10.1.